The van der Waals surface area contributed by atoms with Crippen molar-refractivity contribution in [1.29, 1.82) is 5.26 Å². The number of hydrogen-bond donors (Lipinski definition) is 1. The van der Waals surface area contributed by atoms with Gasteiger partial charge in [0.05, 0.1) is 17.3 Å². The molecule has 1 N–H and O–H groups in total. The summed E-state index contributed by atoms with van der Waals surface area (Å²) in [6, 6.07) is 10.8. The molecular weight excluding hydrogens is 347 g/mol. The lowest BCUT2D eigenvalue weighted by Crippen LogP contribution is -2.04. The molecular formula is C20H13FN4O2. The summed E-state index contributed by atoms with van der Waals surface area (Å²) in [6.07, 6.45) is 3.93. The lowest BCUT2D eigenvalue weighted by atomic mass is 10.1. The van der Waals surface area contributed by atoms with E-state index in [0.29, 0.717) is 35.6 Å². The van der Waals surface area contributed by atoms with Crippen LogP contribution < -0.4 is 4.74 Å². The molecule has 7 heteroatoms. The van der Waals surface area contributed by atoms with Gasteiger partial charge in [0.15, 0.2) is 12.2 Å². The van der Waals surface area contributed by atoms with Crippen molar-refractivity contribution in [2.45, 2.75) is 18.9 Å². The smallest absolute Gasteiger partial charge is 0.181 e. The van der Waals surface area contributed by atoms with Crippen molar-refractivity contribution in [2.75, 3.05) is 0 Å². The Morgan fingerprint density at radius 1 is 1.30 bits per heavy atom. The van der Waals surface area contributed by atoms with Crippen molar-refractivity contribution >= 4 is 10.9 Å². The van der Waals surface area contributed by atoms with Crippen LogP contribution >= 0.6 is 0 Å². The number of fused-ring (bicyclic) bond motifs is 2. The number of nitrogens with zero attached hydrogens (tertiary/aromatic N) is 3. The minimum Gasteiger partial charge on any atom is -0.486 e. The molecule has 0 saturated carbocycles. The summed E-state index contributed by atoms with van der Waals surface area (Å²) in [4.78, 5) is 3.93. The fraction of sp³-hybridized carbons (Fsp3) is 0.150. The van der Waals surface area contributed by atoms with Gasteiger partial charge >= 0.3 is 0 Å². The SMILES string of the molecule is N#Cc1ccc2c(c1F)CC[C@H]2Oc1ccc2[nH]nc(-c3cnco3)c2c1. The Morgan fingerprint density at radius 2 is 2.22 bits per heavy atom. The highest BCUT2D eigenvalue weighted by Crippen LogP contribution is 2.38. The van der Waals surface area contributed by atoms with E-state index in [1.165, 1.54) is 12.5 Å². The molecule has 1 aliphatic carbocycles. The number of aromatic amines is 1. The van der Waals surface area contributed by atoms with E-state index in [1.54, 1.807) is 12.3 Å². The highest BCUT2D eigenvalue weighted by Gasteiger charge is 2.28. The summed E-state index contributed by atoms with van der Waals surface area (Å²) < 4.78 is 25.8. The van der Waals surface area contributed by atoms with Crippen LogP contribution in [0.2, 0.25) is 0 Å². The summed E-state index contributed by atoms with van der Waals surface area (Å²) in [5, 5.41) is 17.1. The Labute approximate surface area is 153 Å². The lowest BCUT2D eigenvalue weighted by Gasteiger charge is -2.15. The minimum atomic E-state index is -0.431. The number of halogens is 1. The van der Waals surface area contributed by atoms with E-state index < -0.39 is 5.82 Å². The minimum absolute atomic E-state index is 0.0749. The van der Waals surface area contributed by atoms with E-state index in [2.05, 4.69) is 15.2 Å². The van der Waals surface area contributed by atoms with Gasteiger partial charge in [-0.2, -0.15) is 10.4 Å². The van der Waals surface area contributed by atoms with Crippen molar-refractivity contribution in [3.63, 3.8) is 0 Å². The number of ether oxygens (including phenoxy) is 1. The zero-order valence-electron chi connectivity index (χ0n) is 14.1. The largest absolute Gasteiger partial charge is 0.486 e. The van der Waals surface area contributed by atoms with Gasteiger partial charge in [-0.3, -0.25) is 5.10 Å². The Morgan fingerprint density at radius 3 is 3.04 bits per heavy atom. The molecule has 6 nitrogen and oxygen atoms in total. The van der Waals surface area contributed by atoms with Crippen LogP contribution in [0.1, 0.15) is 29.2 Å². The first-order chi connectivity index (χ1) is 13.2. The summed E-state index contributed by atoms with van der Waals surface area (Å²) >= 11 is 0. The monoisotopic (exact) mass is 360 g/mol. The van der Waals surface area contributed by atoms with E-state index in [0.717, 1.165) is 16.5 Å². The van der Waals surface area contributed by atoms with Crippen molar-refractivity contribution in [3.05, 3.63) is 65.4 Å². The summed E-state index contributed by atoms with van der Waals surface area (Å²) in [6.45, 7) is 0. The number of nitrogens with one attached hydrogen (secondary N) is 1. The van der Waals surface area contributed by atoms with Crippen molar-refractivity contribution < 1.29 is 13.5 Å². The molecule has 2 aromatic carbocycles. The van der Waals surface area contributed by atoms with Crippen LogP contribution in [0.4, 0.5) is 4.39 Å². The molecule has 5 rings (SSSR count). The van der Waals surface area contributed by atoms with Gasteiger partial charge in [0.2, 0.25) is 0 Å². The van der Waals surface area contributed by atoms with E-state index in [4.69, 9.17) is 14.4 Å². The molecule has 0 amide bonds. The van der Waals surface area contributed by atoms with Gasteiger partial charge in [0, 0.05) is 5.39 Å². The fourth-order valence-electron chi connectivity index (χ4n) is 3.58. The van der Waals surface area contributed by atoms with Crippen LogP contribution in [0.3, 0.4) is 0 Å². The number of nitriles is 1. The van der Waals surface area contributed by atoms with Crippen molar-refractivity contribution in [3.8, 4) is 23.3 Å². The van der Waals surface area contributed by atoms with Crippen LogP contribution in [-0.4, -0.2) is 15.2 Å². The van der Waals surface area contributed by atoms with E-state index in [9.17, 15) is 4.39 Å². The number of aromatic nitrogens is 3. The molecule has 2 heterocycles. The quantitative estimate of drug-likeness (QED) is 0.589. The normalized spacial score (nSPS) is 15.6. The van der Waals surface area contributed by atoms with Gasteiger partial charge in [0.25, 0.3) is 0 Å². The average Bonchev–Trinajstić information content (AvgIpc) is 3.41. The molecule has 27 heavy (non-hydrogen) atoms. The van der Waals surface area contributed by atoms with Gasteiger partial charge < -0.3 is 9.15 Å². The maximum Gasteiger partial charge on any atom is 0.181 e. The molecule has 0 fully saturated rings. The molecule has 0 spiro atoms. The first-order valence-corrected chi connectivity index (χ1v) is 8.49. The number of hydrogen-bond acceptors (Lipinski definition) is 5. The average molecular weight is 360 g/mol. The summed E-state index contributed by atoms with van der Waals surface area (Å²) in [5.41, 5.74) is 2.96. The van der Waals surface area contributed by atoms with Gasteiger partial charge in [-0.1, -0.05) is 6.07 Å². The molecule has 4 aromatic rings. The standard InChI is InChI=1S/C20H13FN4O2/c21-19-11(8-22)1-3-13-14(19)4-6-17(13)27-12-2-5-16-15(7-12)20(25-24-16)18-9-23-10-26-18/h1-3,5,7,9-10,17H,4,6H2,(H,24,25)/t17-/m1/s1. The third kappa shape index (κ3) is 2.46. The fourth-order valence-corrected chi connectivity index (χ4v) is 3.58. The predicted octanol–water partition coefficient (Wildman–Crippen LogP) is 4.29. The zero-order chi connectivity index (χ0) is 18.4. The van der Waals surface area contributed by atoms with Gasteiger partial charge in [-0.25, -0.2) is 9.37 Å². The third-order valence-electron chi connectivity index (χ3n) is 4.88. The highest BCUT2D eigenvalue weighted by atomic mass is 19.1. The van der Waals surface area contributed by atoms with Gasteiger partial charge in [0.1, 0.15) is 29.4 Å². The van der Waals surface area contributed by atoms with E-state index in [-0.39, 0.29) is 11.7 Å². The van der Waals surface area contributed by atoms with Crippen LogP contribution in [0, 0.1) is 17.1 Å². The second-order valence-corrected chi connectivity index (χ2v) is 6.40. The number of rotatable bonds is 3. The maximum atomic E-state index is 14.4. The topological polar surface area (TPSA) is 87.7 Å². The molecule has 0 unspecified atom stereocenters. The van der Waals surface area contributed by atoms with Crippen LogP contribution in [-0.2, 0) is 6.42 Å². The highest BCUT2D eigenvalue weighted by molar-refractivity contribution is 5.92. The van der Waals surface area contributed by atoms with E-state index >= 15 is 0 Å². The van der Waals surface area contributed by atoms with Gasteiger partial charge in [-0.05, 0) is 48.2 Å². The number of benzene rings is 2. The number of H-pyrrole nitrogens is 1. The molecule has 0 saturated heterocycles. The molecule has 1 aliphatic rings. The molecule has 1 atom stereocenters. The second kappa shape index (κ2) is 5.95. The van der Waals surface area contributed by atoms with Gasteiger partial charge in [-0.15, -0.1) is 0 Å². The first-order valence-electron chi connectivity index (χ1n) is 8.49. The molecule has 0 aliphatic heterocycles. The Hall–Kier alpha value is -3.66. The summed E-state index contributed by atoms with van der Waals surface area (Å²) in [7, 11) is 0. The Kier molecular flexibility index (Phi) is 3.44. The van der Waals surface area contributed by atoms with Crippen molar-refractivity contribution in [2.24, 2.45) is 0 Å². The first kappa shape index (κ1) is 15.6. The Balaban J connectivity index is 1.49. The summed E-state index contributed by atoms with van der Waals surface area (Å²) in [5.74, 6) is 0.794. The number of oxazole rings is 1. The molecule has 132 valence electrons. The Bertz CT molecular complexity index is 1190. The van der Waals surface area contributed by atoms with Crippen LogP contribution in [0.15, 0.2) is 47.3 Å². The lowest BCUT2D eigenvalue weighted by molar-refractivity contribution is 0.208. The van der Waals surface area contributed by atoms with Crippen LogP contribution in [0.25, 0.3) is 22.4 Å². The van der Waals surface area contributed by atoms with E-state index in [1.807, 2.05) is 24.3 Å². The van der Waals surface area contributed by atoms with Crippen LogP contribution in [0.5, 0.6) is 5.75 Å². The third-order valence-corrected chi connectivity index (χ3v) is 4.88. The molecule has 0 bridgehead atoms. The maximum absolute atomic E-state index is 14.4. The zero-order valence-corrected chi connectivity index (χ0v) is 14.1. The van der Waals surface area contributed by atoms with Crippen molar-refractivity contribution in [1.82, 2.24) is 15.2 Å². The second-order valence-electron chi connectivity index (χ2n) is 6.40. The molecule has 2 aromatic heterocycles. The predicted molar refractivity (Wildman–Crippen MR) is 94.4 cm³/mol. The molecule has 0 radical (unpaired) electrons.